The van der Waals surface area contributed by atoms with Crippen molar-refractivity contribution >= 4 is 16.9 Å². The van der Waals surface area contributed by atoms with Crippen LogP contribution in [0.3, 0.4) is 0 Å². The summed E-state index contributed by atoms with van der Waals surface area (Å²) in [4.78, 5) is 15.1. The molecule has 0 radical (unpaired) electrons. The molecule has 4 aliphatic carbocycles. The van der Waals surface area contributed by atoms with Crippen molar-refractivity contribution < 1.29 is 14.6 Å². The SMILES string of the molecule is CC(=O)OCC(C)[C@H](CO)C(C[C@@H](C)[C@H]1CC[C@H]2[C@@H]3CCC4CCCC[C@]4(C)[C@H]3CC[C@]12C)NCCc1c[nH]c2ccccc12. The van der Waals surface area contributed by atoms with Crippen molar-refractivity contribution in [3.63, 3.8) is 0 Å². The van der Waals surface area contributed by atoms with Gasteiger partial charge in [0, 0.05) is 42.6 Å². The van der Waals surface area contributed by atoms with Crippen LogP contribution < -0.4 is 5.32 Å². The summed E-state index contributed by atoms with van der Waals surface area (Å²) in [7, 11) is 0. The summed E-state index contributed by atoms with van der Waals surface area (Å²) in [5, 5.41) is 16.0. The lowest BCUT2D eigenvalue weighted by molar-refractivity contribution is -0.143. The highest BCUT2D eigenvalue weighted by Gasteiger charge is 2.60. The summed E-state index contributed by atoms with van der Waals surface area (Å²) in [5.74, 6) is 4.94. The van der Waals surface area contributed by atoms with Crippen LogP contribution >= 0.6 is 0 Å². The quantitative estimate of drug-likeness (QED) is 0.208. The van der Waals surface area contributed by atoms with Gasteiger partial charge in [0.2, 0.25) is 0 Å². The minimum atomic E-state index is -0.243. The van der Waals surface area contributed by atoms with Crippen LogP contribution in [0.1, 0.15) is 111 Å². The molecule has 5 heteroatoms. The Morgan fingerprint density at radius 3 is 2.62 bits per heavy atom. The number of carbonyl (C=O) groups excluding carboxylic acids is 1. The Hall–Kier alpha value is -1.85. The van der Waals surface area contributed by atoms with Gasteiger partial charge in [-0.05, 0) is 135 Å². The van der Waals surface area contributed by atoms with Gasteiger partial charge in [0.15, 0.2) is 0 Å². The number of esters is 1. The van der Waals surface area contributed by atoms with Gasteiger partial charge in [-0.15, -0.1) is 0 Å². The standard InChI is InChI=1S/C40H62N2O3/c1-26(34-15-16-35-32-14-13-30-10-8-9-19-39(30,4)36(32)17-20-40(34,35)5)22-38(33(24-43)27(2)25-45-28(3)44)41-21-18-29-23-42-37-12-7-6-11-31(29)37/h6-7,11-12,23,26-27,30,32-36,38,41-43H,8-10,13-22,24-25H2,1-5H3/t26-,27?,30?,32+,33+,34-,35+,36+,38?,39+,40-/m1/s1. The first-order chi connectivity index (χ1) is 21.7. The Bertz CT molecular complexity index is 1290. The molecule has 1 heterocycles. The monoisotopic (exact) mass is 618 g/mol. The number of benzene rings is 1. The first-order valence-corrected chi connectivity index (χ1v) is 18.7. The third kappa shape index (κ3) is 6.39. The second-order valence-corrected chi connectivity index (χ2v) is 16.6. The fraction of sp³-hybridized carbons (Fsp3) is 0.775. The molecule has 4 saturated carbocycles. The minimum absolute atomic E-state index is 0.0389. The highest BCUT2D eigenvalue weighted by atomic mass is 16.5. The van der Waals surface area contributed by atoms with Crippen LogP contribution in [0.4, 0.5) is 0 Å². The van der Waals surface area contributed by atoms with Gasteiger partial charge in [0.05, 0.1) is 6.61 Å². The fourth-order valence-corrected chi connectivity index (χ4v) is 12.1. The van der Waals surface area contributed by atoms with E-state index in [2.05, 4.69) is 68.5 Å². The third-order valence-corrected chi connectivity index (χ3v) is 14.5. The van der Waals surface area contributed by atoms with Gasteiger partial charge in [0.1, 0.15) is 0 Å². The molecule has 0 spiro atoms. The second-order valence-electron chi connectivity index (χ2n) is 16.6. The van der Waals surface area contributed by atoms with E-state index in [0.717, 1.165) is 49.0 Å². The number of ether oxygens (including phenoxy) is 1. The summed E-state index contributed by atoms with van der Waals surface area (Å²) in [6.45, 7) is 12.8. The molecule has 6 rings (SSSR count). The van der Waals surface area contributed by atoms with Crippen LogP contribution in [0.25, 0.3) is 10.9 Å². The molecule has 3 N–H and O–H groups in total. The van der Waals surface area contributed by atoms with E-state index in [1.807, 2.05) is 0 Å². The van der Waals surface area contributed by atoms with Crippen LogP contribution in [0.15, 0.2) is 30.5 Å². The van der Waals surface area contributed by atoms with Crippen molar-refractivity contribution in [2.75, 3.05) is 19.8 Å². The topological polar surface area (TPSA) is 74.3 Å². The Morgan fingerprint density at radius 2 is 1.82 bits per heavy atom. The molecule has 1 aromatic carbocycles. The lowest BCUT2D eigenvalue weighted by atomic mass is 9.44. The lowest BCUT2D eigenvalue weighted by Crippen LogP contribution is -2.53. The van der Waals surface area contributed by atoms with E-state index < -0.39 is 0 Å². The van der Waals surface area contributed by atoms with Crippen molar-refractivity contribution in [3.8, 4) is 0 Å². The van der Waals surface area contributed by atoms with Gasteiger partial charge < -0.3 is 20.1 Å². The van der Waals surface area contributed by atoms with E-state index in [9.17, 15) is 9.90 Å². The number of hydrogen-bond donors (Lipinski definition) is 3. The first kappa shape index (κ1) is 33.1. The summed E-state index contributed by atoms with van der Waals surface area (Å²) in [5.41, 5.74) is 3.55. The van der Waals surface area contributed by atoms with E-state index in [4.69, 9.17) is 4.74 Å². The van der Waals surface area contributed by atoms with Crippen molar-refractivity contribution in [1.82, 2.24) is 10.3 Å². The number of rotatable bonds is 12. The molecule has 4 aliphatic rings. The van der Waals surface area contributed by atoms with E-state index in [1.165, 1.54) is 87.6 Å². The van der Waals surface area contributed by atoms with Gasteiger partial charge in [-0.2, -0.15) is 0 Å². The van der Waals surface area contributed by atoms with E-state index in [1.54, 1.807) is 0 Å². The largest absolute Gasteiger partial charge is 0.466 e. The van der Waals surface area contributed by atoms with Crippen LogP contribution in [-0.4, -0.2) is 41.9 Å². The molecule has 250 valence electrons. The van der Waals surface area contributed by atoms with Gasteiger partial charge >= 0.3 is 5.97 Å². The molecule has 45 heavy (non-hydrogen) atoms. The maximum atomic E-state index is 11.7. The average molecular weight is 619 g/mol. The number of hydrogen-bond acceptors (Lipinski definition) is 4. The maximum Gasteiger partial charge on any atom is 0.302 e. The summed E-state index contributed by atoms with van der Waals surface area (Å²) in [6, 6.07) is 8.71. The minimum Gasteiger partial charge on any atom is -0.466 e. The summed E-state index contributed by atoms with van der Waals surface area (Å²) < 4.78 is 5.45. The van der Waals surface area contributed by atoms with E-state index in [0.29, 0.717) is 23.4 Å². The normalized spacial score (nSPS) is 35.6. The van der Waals surface area contributed by atoms with Gasteiger partial charge in [0.25, 0.3) is 0 Å². The van der Waals surface area contributed by atoms with Crippen molar-refractivity contribution in [3.05, 3.63) is 36.0 Å². The Morgan fingerprint density at radius 1 is 1.02 bits per heavy atom. The molecule has 3 unspecified atom stereocenters. The number of para-hydroxylation sites is 1. The molecule has 0 aliphatic heterocycles. The third-order valence-electron chi connectivity index (χ3n) is 14.5. The molecule has 0 bridgehead atoms. The second kappa shape index (κ2) is 13.7. The number of carbonyl (C=O) groups is 1. The van der Waals surface area contributed by atoms with Crippen molar-refractivity contribution in [2.45, 2.75) is 118 Å². The highest BCUT2D eigenvalue weighted by molar-refractivity contribution is 5.83. The predicted molar refractivity (Wildman–Crippen MR) is 184 cm³/mol. The zero-order valence-electron chi connectivity index (χ0n) is 29.0. The summed E-state index contributed by atoms with van der Waals surface area (Å²) in [6.07, 6.45) is 18.6. The predicted octanol–water partition coefficient (Wildman–Crippen LogP) is 8.55. The number of fused-ring (bicyclic) bond motifs is 6. The zero-order chi connectivity index (χ0) is 31.8. The van der Waals surface area contributed by atoms with Gasteiger partial charge in [-0.1, -0.05) is 58.7 Å². The van der Waals surface area contributed by atoms with Crippen LogP contribution in [0.2, 0.25) is 0 Å². The van der Waals surface area contributed by atoms with Crippen LogP contribution in [-0.2, 0) is 16.0 Å². The number of aliphatic hydroxyl groups excluding tert-OH is 1. The summed E-state index contributed by atoms with van der Waals surface area (Å²) >= 11 is 0. The molecule has 11 atom stereocenters. The lowest BCUT2D eigenvalue weighted by Gasteiger charge is -2.61. The molecule has 5 nitrogen and oxygen atoms in total. The maximum absolute atomic E-state index is 11.7. The number of aliphatic hydroxyl groups is 1. The molecule has 2 aromatic rings. The first-order valence-electron chi connectivity index (χ1n) is 18.7. The number of H-pyrrole nitrogens is 1. The molecular weight excluding hydrogens is 556 g/mol. The smallest absolute Gasteiger partial charge is 0.302 e. The van der Waals surface area contributed by atoms with E-state index >= 15 is 0 Å². The van der Waals surface area contributed by atoms with Crippen molar-refractivity contribution in [2.24, 2.45) is 58.2 Å². The van der Waals surface area contributed by atoms with Gasteiger partial charge in [-0.25, -0.2) is 0 Å². The molecule has 1 aromatic heterocycles. The van der Waals surface area contributed by atoms with Crippen LogP contribution in [0.5, 0.6) is 0 Å². The molecule has 4 fully saturated rings. The zero-order valence-corrected chi connectivity index (χ0v) is 29.0. The van der Waals surface area contributed by atoms with Crippen LogP contribution in [0, 0.1) is 58.2 Å². The molecule has 0 saturated heterocycles. The molecular formula is C40H62N2O3. The highest BCUT2D eigenvalue weighted by Crippen LogP contribution is 2.68. The Balaban J connectivity index is 1.16. The number of nitrogens with one attached hydrogen (secondary N) is 2. The number of aromatic amines is 1. The Kier molecular flexibility index (Phi) is 10.1. The number of aromatic nitrogens is 1. The fourth-order valence-electron chi connectivity index (χ4n) is 12.1. The average Bonchev–Trinajstić information content (AvgIpc) is 3.60. The van der Waals surface area contributed by atoms with Gasteiger partial charge in [-0.3, -0.25) is 4.79 Å². The Labute approximate surface area is 273 Å². The van der Waals surface area contributed by atoms with E-state index in [-0.39, 0.29) is 30.5 Å². The molecule has 0 amide bonds. The van der Waals surface area contributed by atoms with Crippen molar-refractivity contribution in [1.29, 1.82) is 0 Å².